The SMILES string of the molecule is CC(C)[C@@]1(O)CC(O[Si](C)(C)C(C)(C)C)=C[C@@H]1Sc1ccccn1. The van der Waals surface area contributed by atoms with Crippen molar-refractivity contribution in [3.63, 3.8) is 0 Å². The average molecular weight is 366 g/mol. The molecule has 0 unspecified atom stereocenters. The van der Waals surface area contributed by atoms with Crippen LogP contribution in [-0.2, 0) is 4.43 Å². The average Bonchev–Trinajstić information content (AvgIpc) is 2.75. The summed E-state index contributed by atoms with van der Waals surface area (Å²) in [5.41, 5.74) is -0.792. The summed E-state index contributed by atoms with van der Waals surface area (Å²) < 4.78 is 6.48. The number of nitrogens with zero attached hydrogens (tertiary/aromatic N) is 1. The Bertz CT molecular complexity index is 595. The monoisotopic (exact) mass is 365 g/mol. The van der Waals surface area contributed by atoms with E-state index in [2.05, 4.69) is 58.8 Å². The topological polar surface area (TPSA) is 42.4 Å². The Kier molecular flexibility index (Phi) is 5.58. The standard InChI is InChI=1S/C19H31NO2SSi/c1-14(2)19(21)13-15(22-24(6,7)18(3,4)5)12-16(19)23-17-10-8-9-11-20-17/h8-12,14,16,21H,13H2,1-7H3/t16-,19-/m0/s1. The highest BCUT2D eigenvalue weighted by atomic mass is 32.2. The maximum Gasteiger partial charge on any atom is 0.250 e. The third-order valence-electron chi connectivity index (χ3n) is 5.37. The van der Waals surface area contributed by atoms with Crippen molar-refractivity contribution in [3.8, 4) is 0 Å². The molecule has 1 N–H and O–H groups in total. The molecule has 1 aromatic heterocycles. The van der Waals surface area contributed by atoms with Crippen LogP contribution in [0, 0.1) is 5.92 Å². The van der Waals surface area contributed by atoms with Gasteiger partial charge in [-0.1, -0.05) is 52.4 Å². The Morgan fingerprint density at radius 3 is 2.50 bits per heavy atom. The molecule has 0 aromatic carbocycles. The summed E-state index contributed by atoms with van der Waals surface area (Å²) in [7, 11) is -1.89. The molecule has 1 aliphatic rings. The number of hydrogen-bond donors (Lipinski definition) is 1. The van der Waals surface area contributed by atoms with E-state index < -0.39 is 13.9 Å². The summed E-state index contributed by atoms with van der Waals surface area (Å²) in [6, 6.07) is 5.89. The Morgan fingerprint density at radius 2 is 2.00 bits per heavy atom. The summed E-state index contributed by atoms with van der Waals surface area (Å²) in [5, 5.41) is 12.3. The maximum absolute atomic E-state index is 11.3. The van der Waals surface area contributed by atoms with Crippen molar-refractivity contribution in [2.24, 2.45) is 5.92 Å². The number of rotatable bonds is 5. The molecule has 0 saturated carbocycles. The van der Waals surface area contributed by atoms with Crippen LogP contribution in [0.3, 0.4) is 0 Å². The predicted molar refractivity (Wildman–Crippen MR) is 105 cm³/mol. The number of thioether (sulfide) groups is 1. The highest BCUT2D eigenvalue weighted by Crippen LogP contribution is 2.47. The Hall–Kier alpha value is -0.783. The van der Waals surface area contributed by atoms with Gasteiger partial charge in [0.25, 0.3) is 0 Å². The smallest absolute Gasteiger partial charge is 0.250 e. The van der Waals surface area contributed by atoms with Crippen LogP contribution >= 0.6 is 11.8 Å². The Balaban J connectivity index is 2.24. The van der Waals surface area contributed by atoms with E-state index in [-0.39, 0.29) is 16.2 Å². The minimum absolute atomic E-state index is 0.0350. The van der Waals surface area contributed by atoms with Crippen LogP contribution in [-0.4, -0.2) is 29.3 Å². The van der Waals surface area contributed by atoms with E-state index in [1.807, 2.05) is 18.2 Å². The normalized spacial score (nSPS) is 25.0. The van der Waals surface area contributed by atoms with Gasteiger partial charge in [-0.3, -0.25) is 0 Å². The predicted octanol–water partition coefficient (Wildman–Crippen LogP) is 5.24. The lowest BCUT2D eigenvalue weighted by Gasteiger charge is -2.38. The van der Waals surface area contributed by atoms with E-state index in [9.17, 15) is 5.11 Å². The summed E-state index contributed by atoms with van der Waals surface area (Å²) >= 11 is 1.62. The number of hydrogen-bond acceptors (Lipinski definition) is 4. The van der Waals surface area contributed by atoms with Crippen molar-refractivity contribution in [1.29, 1.82) is 0 Å². The Morgan fingerprint density at radius 1 is 1.33 bits per heavy atom. The third-order valence-corrected chi connectivity index (χ3v) is 11.0. The Labute approximate surface area is 152 Å². The molecule has 0 fully saturated rings. The first-order chi connectivity index (χ1) is 11.0. The zero-order chi connectivity index (χ0) is 18.2. The molecule has 1 heterocycles. The summed E-state index contributed by atoms with van der Waals surface area (Å²) in [6.07, 6.45) is 4.50. The third kappa shape index (κ3) is 4.06. The van der Waals surface area contributed by atoms with E-state index in [4.69, 9.17) is 4.43 Å². The second-order valence-electron chi connectivity index (χ2n) is 8.52. The fraction of sp³-hybridized carbons (Fsp3) is 0.632. The molecule has 3 nitrogen and oxygen atoms in total. The van der Waals surface area contributed by atoms with E-state index in [0.717, 1.165) is 10.8 Å². The lowest BCUT2D eigenvalue weighted by Crippen LogP contribution is -2.43. The van der Waals surface area contributed by atoms with Crippen LogP contribution in [0.15, 0.2) is 41.3 Å². The maximum atomic E-state index is 11.3. The molecule has 2 atom stereocenters. The van der Waals surface area contributed by atoms with Gasteiger partial charge in [-0.25, -0.2) is 4.98 Å². The van der Waals surface area contributed by atoms with E-state index in [0.29, 0.717) is 6.42 Å². The highest BCUT2D eigenvalue weighted by Gasteiger charge is 2.48. The highest BCUT2D eigenvalue weighted by molar-refractivity contribution is 8.00. The minimum Gasteiger partial charge on any atom is -0.547 e. The van der Waals surface area contributed by atoms with Crippen molar-refractivity contribution in [3.05, 3.63) is 36.2 Å². The van der Waals surface area contributed by atoms with Crippen LogP contribution in [0.25, 0.3) is 0 Å². The van der Waals surface area contributed by atoms with E-state index in [1.165, 1.54) is 0 Å². The molecular weight excluding hydrogens is 334 g/mol. The molecular formula is C19H31NO2SSi. The molecule has 0 amide bonds. The van der Waals surface area contributed by atoms with Gasteiger partial charge in [-0.2, -0.15) is 0 Å². The quantitative estimate of drug-likeness (QED) is 0.725. The number of aliphatic hydroxyl groups is 1. The van der Waals surface area contributed by atoms with E-state index >= 15 is 0 Å². The minimum atomic E-state index is -1.89. The lowest BCUT2D eigenvalue weighted by molar-refractivity contribution is 0.00618. The van der Waals surface area contributed by atoms with Gasteiger partial charge in [0.05, 0.1) is 21.6 Å². The van der Waals surface area contributed by atoms with Crippen LogP contribution in [0.4, 0.5) is 0 Å². The van der Waals surface area contributed by atoms with Crippen LogP contribution in [0.5, 0.6) is 0 Å². The van der Waals surface area contributed by atoms with Crippen molar-refractivity contribution < 1.29 is 9.53 Å². The first-order valence-corrected chi connectivity index (χ1v) is 12.4. The molecule has 0 saturated heterocycles. The molecule has 0 radical (unpaired) electrons. The lowest BCUT2D eigenvalue weighted by atomic mass is 9.87. The van der Waals surface area contributed by atoms with Gasteiger partial charge in [-0.05, 0) is 42.3 Å². The number of pyridine rings is 1. The van der Waals surface area contributed by atoms with Gasteiger partial charge in [0.1, 0.15) is 0 Å². The summed E-state index contributed by atoms with van der Waals surface area (Å²) in [5.74, 6) is 1.10. The van der Waals surface area contributed by atoms with Gasteiger partial charge >= 0.3 is 0 Å². The van der Waals surface area contributed by atoms with Gasteiger partial charge < -0.3 is 9.53 Å². The van der Waals surface area contributed by atoms with Crippen molar-refractivity contribution in [2.45, 2.75) is 75.0 Å². The molecule has 24 heavy (non-hydrogen) atoms. The van der Waals surface area contributed by atoms with Gasteiger partial charge in [0.15, 0.2) is 0 Å². The zero-order valence-corrected chi connectivity index (χ0v) is 17.8. The number of aromatic nitrogens is 1. The van der Waals surface area contributed by atoms with Crippen LogP contribution < -0.4 is 0 Å². The molecule has 1 aliphatic carbocycles. The molecule has 0 bridgehead atoms. The van der Waals surface area contributed by atoms with Gasteiger partial charge in [0.2, 0.25) is 8.32 Å². The van der Waals surface area contributed by atoms with Crippen LogP contribution in [0.2, 0.25) is 18.1 Å². The second-order valence-corrected chi connectivity index (χ2v) is 14.4. The fourth-order valence-electron chi connectivity index (χ4n) is 2.52. The van der Waals surface area contributed by atoms with Crippen molar-refractivity contribution in [1.82, 2.24) is 4.98 Å². The molecule has 2 rings (SSSR count). The van der Waals surface area contributed by atoms with Crippen molar-refractivity contribution in [2.75, 3.05) is 0 Å². The fourth-order valence-corrected chi connectivity index (χ4v) is 4.94. The molecule has 0 aliphatic heterocycles. The largest absolute Gasteiger partial charge is 0.547 e. The first kappa shape index (κ1) is 19.5. The molecule has 134 valence electrons. The van der Waals surface area contributed by atoms with Gasteiger partial charge in [-0.15, -0.1) is 0 Å². The first-order valence-electron chi connectivity index (χ1n) is 8.65. The van der Waals surface area contributed by atoms with E-state index in [1.54, 1.807) is 18.0 Å². The summed E-state index contributed by atoms with van der Waals surface area (Å²) in [6.45, 7) is 15.4. The zero-order valence-electron chi connectivity index (χ0n) is 16.0. The molecule has 1 aromatic rings. The molecule has 5 heteroatoms. The molecule has 0 spiro atoms. The second kappa shape index (κ2) is 6.85. The van der Waals surface area contributed by atoms with Crippen LogP contribution in [0.1, 0.15) is 41.0 Å². The summed E-state index contributed by atoms with van der Waals surface area (Å²) in [4.78, 5) is 4.40. The van der Waals surface area contributed by atoms with Crippen molar-refractivity contribution >= 4 is 20.1 Å². The van der Waals surface area contributed by atoms with Gasteiger partial charge in [0, 0.05) is 12.6 Å².